The summed E-state index contributed by atoms with van der Waals surface area (Å²) in [5.74, 6) is 0.686. The van der Waals surface area contributed by atoms with Gasteiger partial charge in [0, 0.05) is 22.7 Å². The fraction of sp³-hybridized carbons (Fsp3) is 0.0968. The summed E-state index contributed by atoms with van der Waals surface area (Å²) in [5.41, 5.74) is 2.94. The van der Waals surface area contributed by atoms with E-state index in [1.54, 1.807) is 38.5 Å². The molecular formula is C31H28N2O4S. The van der Waals surface area contributed by atoms with Gasteiger partial charge in [-0.1, -0.05) is 66.7 Å². The van der Waals surface area contributed by atoms with Crippen LogP contribution in [-0.2, 0) is 9.59 Å². The molecule has 7 heteroatoms. The van der Waals surface area contributed by atoms with Gasteiger partial charge in [0.15, 0.2) is 0 Å². The Bertz CT molecular complexity index is 1410. The standard InChI is InChI=1S/C31H28N2O4S/c1-36-25-17-18-28(37-2)27(21-25)33-31(35)30(23-12-7-4-8-13-23)38-26-15-9-14-24(20-26)32-29(34)19-16-22-10-5-3-6-11-22/h3-21,30H,1-2H3,(H,32,34)(H,33,35)/b19-16+. The van der Waals surface area contributed by atoms with Crippen molar-refractivity contribution in [2.75, 3.05) is 24.9 Å². The molecule has 2 amide bonds. The highest BCUT2D eigenvalue weighted by Gasteiger charge is 2.23. The minimum atomic E-state index is -0.559. The third kappa shape index (κ3) is 7.27. The van der Waals surface area contributed by atoms with Gasteiger partial charge < -0.3 is 20.1 Å². The number of hydrogen-bond donors (Lipinski definition) is 2. The molecule has 0 aliphatic heterocycles. The van der Waals surface area contributed by atoms with Gasteiger partial charge in [-0.25, -0.2) is 0 Å². The summed E-state index contributed by atoms with van der Waals surface area (Å²) in [6, 6.07) is 31.8. The van der Waals surface area contributed by atoms with Crippen molar-refractivity contribution >= 4 is 41.0 Å². The van der Waals surface area contributed by atoms with Crippen LogP contribution >= 0.6 is 11.8 Å². The maximum atomic E-state index is 13.6. The zero-order valence-electron chi connectivity index (χ0n) is 21.1. The van der Waals surface area contributed by atoms with E-state index < -0.39 is 5.25 Å². The number of ether oxygens (including phenoxy) is 2. The average Bonchev–Trinajstić information content (AvgIpc) is 2.96. The zero-order valence-corrected chi connectivity index (χ0v) is 21.9. The van der Waals surface area contributed by atoms with E-state index >= 15 is 0 Å². The quantitative estimate of drug-likeness (QED) is 0.176. The second-order valence-corrected chi connectivity index (χ2v) is 9.40. The number of benzene rings is 4. The van der Waals surface area contributed by atoms with Gasteiger partial charge in [-0.05, 0) is 47.5 Å². The van der Waals surface area contributed by atoms with Crippen LogP contribution in [0.1, 0.15) is 16.4 Å². The molecule has 6 nitrogen and oxygen atoms in total. The van der Waals surface area contributed by atoms with Crippen LogP contribution in [0.25, 0.3) is 6.08 Å². The normalized spacial score (nSPS) is 11.5. The topological polar surface area (TPSA) is 76.7 Å². The van der Waals surface area contributed by atoms with Crippen LogP contribution in [0, 0.1) is 0 Å². The van der Waals surface area contributed by atoms with E-state index in [1.807, 2.05) is 84.9 Å². The van der Waals surface area contributed by atoms with Gasteiger partial charge in [0.25, 0.3) is 0 Å². The summed E-state index contributed by atoms with van der Waals surface area (Å²) in [5, 5.41) is 5.32. The van der Waals surface area contributed by atoms with E-state index in [-0.39, 0.29) is 11.8 Å². The van der Waals surface area contributed by atoms with Crippen LogP contribution in [0.3, 0.4) is 0 Å². The van der Waals surface area contributed by atoms with Gasteiger partial charge in [-0.15, -0.1) is 11.8 Å². The van der Waals surface area contributed by atoms with Crippen LogP contribution < -0.4 is 20.1 Å². The fourth-order valence-corrected chi connectivity index (χ4v) is 4.80. The lowest BCUT2D eigenvalue weighted by molar-refractivity contribution is -0.116. The molecule has 0 fully saturated rings. The molecule has 4 aromatic rings. The van der Waals surface area contributed by atoms with Crippen molar-refractivity contribution in [2.45, 2.75) is 10.1 Å². The first-order valence-electron chi connectivity index (χ1n) is 11.9. The third-order valence-electron chi connectivity index (χ3n) is 5.59. The Morgan fingerprint density at radius 3 is 2.24 bits per heavy atom. The van der Waals surface area contributed by atoms with Crippen molar-refractivity contribution < 1.29 is 19.1 Å². The SMILES string of the molecule is COc1ccc(OC)c(NC(=O)C(Sc2cccc(NC(=O)/C=C/c3ccccc3)c2)c2ccccc2)c1. The van der Waals surface area contributed by atoms with E-state index in [0.29, 0.717) is 22.9 Å². The fourth-order valence-electron chi connectivity index (χ4n) is 3.71. The van der Waals surface area contributed by atoms with Crippen LogP contribution in [-0.4, -0.2) is 26.0 Å². The highest BCUT2D eigenvalue weighted by Crippen LogP contribution is 2.38. The number of thioether (sulfide) groups is 1. The number of methoxy groups -OCH3 is 2. The summed E-state index contributed by atoms with van der Waals surface area (Å²) in [6.07, 6.45) is 3.26. The van der Waals surface area contributed by atoms with Gasteiger partial charge in [0.1, 0.15) is 16.7 Å². The van der Waals surface area contributed by atoms with E-state index in [2.05, 4.69) is 10.6 Å². The van der Waals surface area contributed by atoms with Crippen LogP contribution in [0.2, 0.25) is 0 Å². The molecule has 1 unspecified atom stereocenters. The lowest BCUT2D eigenvalue weighted by Crippen LogP contribution is -2.19. The third-order valence-corrected chi connectivity index (χ3v) is 6.84. The molecule has 0 spiro atoms. The predicted molar refractivity (Wildman–Crippen MR) is 154 cm³/mol. The molecule has 2 N–H and O–H groups in total. The molecule has 0 aliphatic rings. The number of nitrogens with one attached hydrogen (secondary N) is 2. The number of carbonyl (C=O) groups is 2. The molecule has 0 radical (unpaired) electrons. The molecular weight excluding hydrogens is 496 g/mol. The monoisotopic (exact) mass is 524 g/mol. The van der Waals surface area contributed by atoms with Crippen molar-refractivity contribution in [1.82, 2.24) is 0 Å². The van der Waals surface area contributed by atoms with Crippen LogP contribution in [0.15, 0.2) is 114 Å². The second kappa shape index (κ2) is 13.2. The molecule has 1 atom stereocenters. The lowest BCUT2D eigenvalue weighted by Gasteiger charge is -2.19. The molecule has 0 heterocycles. The van der Waals surface area contributed by atoms with E-state index in [4.69, 9.17) is 9.47 Å². The summed E-state index contributed by atoms with van der Waals surface area (Å²) < 4.78 is 10.7. The highest BCUT2D eigenvalue weighted by molar-refractivity contribution is 8.00. The second-order valence-electron chi connectivity index (χ2n) is 8.23. The molecule has 0 saturated heterocycles. The van der Waals surface area contributed by atoms with Crippen LogP contribution in [0.4, 0.5) is 11.4 Å². The molecule has 192 valence electrons. The molecule has 0 saturated carbocycles. The first-order valence-corrected chi connectivity index (χ1v) is 12.8. The van der Waals surface area contributed by atoms with Crippen molar-refractivity contribution in [3.8, 4) is 11.5 Å². The van der Waals surface area contributed by atoms with Gasteiger partial charge in [0.2, 0.25) is 11.8 Å². The van der Waals surface area contributed by atoms with E-state index in [9.17, 15) is 9.59 Å². The first kappa shape index (κ1) is 26.6. The number of anilines is 2. The van der Waals surface area contributed by atoms with Crippen molar-refractivity contribution in [3.63, 3.8) is 0 Å². The molecule has 0 bridgehead atoms. The molecule has 4 rings (SSSR count). The Kier molecular flexibility index (Phi) is 9.21. The number of rotatable bonds is 10. The average molecular weight is 525 g/mol. The predicted octanol–water partition coefficient (Wildman–Crippen LogP) is 6.83. The minimum absolute atomic E-state index is 0.215. The summed E-state index contributed by atoms with van der Waals surface area (Å²) in [7, 11) is 3.12. The summed E-state index contributed by atoms with van der Waals surface area (Å²) in [6.45, 7) is 0. The van der Waals surface area contributed by atoms with E-state index in [1.165, 1.54) is 17.8 Å². The van der Waals surface area contributed by atoms with Gasteiger partial charge in [0.05, 0.1) is 19.9 Å². The largest absolute Gasteiger partial charge is 0.497 e. The molecule has 0 aliphatic carbocycles. The maximum Gasteiger partial charge on any atom is 0.248 e. The Labute approximate surface area is 226 Å². The van der Waals surface area contributed by atoms with Crippen LogP contribution in [0.5, 0.6) is 11.5 Å². The van der Waals surface area contributed by atoms with Gasteiger partial charge in [-0.2, -0.15) is 0 Å². The lowest BCUT2D eigenvalue weighted by atomic mass is 10.1. The molecule has 38 heavy (non-hydrogen) atoms. The van der Waals surface area contributed by atoms with Crippen molar-refractivity contribution in [3.05, 3.63) is 120 Å². The van der Waals surface area contributed by atoms with Crippen molar-refractivity contribution in [1.29, 1.82) is 0 Å². The Morgan fingerprint density at radius 1 is 0.789 bits per heavy atom. The number of amides is 2. The highest BCUT2D eigenvalue weighted by atomic mass is 32.2. The molecule has 0 aromatic heterocycles. The number of carbonyl (C=O) groups excluding carboxylic acids is 2. The maximum absolute atomic E-state index is 13.6. The first-order chi connectivity index (χ1) is 18.6. The minimum Gasteiger partial charge on any atom is -0.497 e. The Morgan fingerprint density at radius 2 is 1.53 bits per heavy atom. The Hall–Kier alpha value is -4.49. The summed E-state index contributed by atoms with van der Waals surface area (Å²) >= 11 is 1.39. The number of hydrogen-bond acceptors (Lipinski definition) is 5. The van der Waals surface area contributed by atoms with E-state index in [0.717, 1.165) is 16.0 Å². The van der Waals surface area contributed by atoms with Gasteiger partial charge in [-0.3, -0.25) is 9.59 Å². The Balaban J connectivity index is 1.52. The van der Waals surface area contributed by atoms with Gasteiger partial charge >= 0.3 is 0 Å². The zero-order chi connectivity index (χ0) is 26.7. The molecule has 4 aromatic carbocycles. The smallest absolute Gasteiger partial charge is 0.248 e. The summed E-state index contributed by atoms with van der Waals surface area (Å²) in [4.78, 5) is 26.9. The van der Waals surface area contributed by atoms with Crippen molar-refractivity contribution in [2.24, 2.45) is 0 Å².